The van der Waals surface area contributed by atoms with Crippen LogP contribution in [0, 0.1) is 28.6 Å². The van der Waals surface area contributed by atoms with Gasteiger partial charge in [0.2, 0.25) is 5.91 Å². The average Bonchev–Trinajstić information content (AvgIpc) is 2.75. The molecule has 1 amide bonds. The standard InChI is InChI=1S/C18H28BrNO/c1-12-3-4-20(15(12)10-19)16(21)18-8-13-5-14(9-18)7-17(2,6-13)11-18/h12-15H,3-11H2,1-2H3. The molecule has 4 atom stereocenters. The normalized spacial score (nSPS) is 51.7. The molecule has 1 aliphatic heterocycles. The van der Waals surface area contributed by atoms with E-state index in [-0.39, 0.29) is 5.41 Å². The Kier molecular flexibility index (Phi) is 3.27. The van der Waals surface area contributed by atoms with Gasteiger partial charge in [-0.2, -0.15) is 0 Å². The van der Waals surface area contributed by atoms with Crippen molar-refractivity contribution in [2.24, 2.45) is 28.6 Å². The average molecular weight is 354 g/mol. The summed E-state index contributed by atoms with van der Waals surface area (Å²) in [4.78, 5) is 15.7. The van der Waals surface area contributed by atoms with Crippen molar-refractivity contribution in [3.63, 3.8) is 0 Å². The fourth-order valence-corrected chi connectivity index (χ4v) is 7.76. The zero-order valence-electron chi connectivity index (χ0n) is 13.4. The molecule has 4 unspecified atom stereocenters. The molecule has 0 aromatic carbocycles. The van der Waals surface area contributed by atoms with E-state index in [1.54, 1.807) is 0 Å². The van der Waals surface area contributed by atoms with Crippen LogP contribution in [0.4, 0.5) is 0 Å². The second-order valence-electron chi connectivity index (χ2n) is 9.04. The van der Waals surface area contributed by atoms with Gasteiger partial charge in [-0.25, -0.2) is 0 Å². The van der Waals surface area contributed by atoms with Crippen molar-refractivity contribution in [3.8, 4) is 0 Å². The first-order chi connectivity index (χ1) is 9.95. The van der Waals surface area contributed by atoms with Crippen LogP contribution in [0.5, 0.6) is 0 Å². The Morgan fingerprint density at radius 3 is 2.48 bits per heavy atom. The van der Waals surface area contributed by atoms with E-state index >= 15 is 0 Å². The zero-order valence-corrected chi connectivity index (χ0v) is 15.0. The maximum absolute atomic E-state index is 13.5. The van der Waals surface area contributed by atoms with E-state index in [0.717, 1.165) is 23.7 Å². The number of hydrogen-bond acceptors (Lipinski definition) is 1. The van der Waals surface area contributed by atoms with E-state index in [9.17, 15) is 4.79 Å². The summed E-state index contributed by atoms with van der Waals surface area (Å²) in [6.45, 7) is 5.76. The Hall–Kier alpha value is -0.0500. The van der Waals surface area contributed by atoms with Gasteiger partial charge in [0, 0.05) is 17.9 Å². The van der Waals surface area contributed by atoms with E-state index in [1.807, 2.05) is 0 Å². The lowest BCUT2D eigenvalue weighted by Crippen LogP contribution is -2.58. The summed E-state index contributed by atoms with van der Waals surface area (Å²) in [5, 5.41) is 0.945. The van der Waals surface area contributed by atoms with Crippen LogP contribution in [0.15, 0.2) is 0 Å². The number of likely N-dealkylation sites (tertiary alicyclic amines) is 1. The number of hydrogen-bond donors (Lipinski definition) is 0. The summed E-state index contributed by atoms with van der Waals surface area (Å²) >= 11 is 3.65. The second kappa shape index (κ2) is 4.72. The molecule has 2 nitrogen and oxygen atoms in total. The third-order valence-electron chi connectivity index (χ3n) is 7.11. The highest BCUT2D eigenvalue weighted by molar-refractivity contribution is 9.09. The van der Waals surface area contributed by atoms with E-state index in [0.29, 0.717) is 23.3 Å². The Balaban J connectivity index is 1.62. The number of rotatable bonds is 2. The summed E-state index contributed by atoms with van der Waals surface area (Å²) in [6.07, 6.45) is 8.92. The number of amides is 1. The Morgan fingerprint density at radius 2 is 1.90 bits per heavy atom. The minimum Gasteiger partial charge on any atom is -0.338 e. The van der Waals surface area contributed by atoms with Gasteiger partial charge < -0.3 is 4.90 Å². The van der Waals surface area contributed by atoms with Crippen molar-refractivity contribution >= 4 is 21.8 Å². The third kappa shape index (κ3) is 2.13. The molecule has 4 bridgehead atoms. The number of alkyl halides is 1. The fraction of sp³-hybridized carbons (Fsp3) is 0.944. The van der Waals surface area contributed by atoms with E-state index in [4.69, 9.17) is 0 Å². The van der Waals surface area contributed by atoms with Crippen LogP contribution in [0.1, 0.15) is 58.8 Å². The lowest BCUT2D eigenvalue weighted by Gasteiger charge is -2.61. The van der Waals surface area contributed by atoms with Crippen LogP contribution in [0.25, 0.3) is 0 Å². The number of halogens is 1. The van der Waals surface area contributed by atoms with Crippen molar-refractivity contribution in [1.82, 2.24) is 4.90 Å². The van der Waals surface area contributed by atoms with Gasteiger partial charge in [-0.1, -0.05) is 29.8 Å². The summed E-state index contributed by atoms with van der Waals surface area (Å²) in [5.41, 5.74) is 0.484. The molecule has 0 N–H and O–H groups in total. The summed E-state index contributed by atoms with van der Waals surface area (Å²) in [7, 11) is 0. The topological polar surface area (TPSA) is 20.3 Å². The highest BCUT2D eigenvalue weighted by atomic mass is 79.9. The molecule has 1 saturated heterocycles. The van der Waals surface area contributed by atoms with Crippen LogP contribution in [0.2, 0.25) is 0 Å². The SMILES string of the molecule is CC1CCN(C(=O)C23CC4CC(CC(C)(C4)C2)C3)C1CBr. The molecule has 118 valence electrons. The smallest absolute Gasteiger partial charge is 0.229 e. The van der Waals surface area contributed by atoms with Crippen LogP contribution in [0.3, 0.4) is 0 Å². The molecular weight excluding hydrogens is 326 g/mol. The first-order valence-corrected chi connectivity index (χ1v) is 9.94. The summed E-state index contributed by atoms with van der Waals surface area (Å²) in [5.74, 6) is 2.85. The van der Waals surface area contributed by atoms with Gasteiger partial charge in [0.25, 0.3) is 0 Å². The maximum atomic E-state index is 13.5. The highest BCUT2D eigenvalue weighted by Crippen LogP contribution is 2.65. The Bertz CT molecular complexity index is 448. The first kappa shape index (κ1) is 14.5. The minimum atomic E-state index is 0.0172. The Labute approximate surface area is 137 Å². The monoisotopic (exact) mass is 353 g/mol. The molecule has 0 aromatic rings. The Morgan fingerprint density at radius 1 is 1.24 bits per heavy atom. The molecule has 4 aliphatic carbocycles. The third-order valence-corrected chi connectivity index (χ3v) is 7.77. The fourth-order valence-electron chi connectivity index (χ4n) is 6.77. The molecule has 5 rings (SSSR count). The molecule has 3 heteroatoms. The highest BCUT2D eigenvalue weighted by Gasteiger charge is 2.60. The molecule has 4 saturated carbocycles. The zero-order chi connectivity index (χ0) is 14.8. The van der Waals surface area contributed by atoms with Gasteiger partial charge in [-0.3, -0.25) is 4.79 Å². The largest absolute Gasteiger partial charge is 0.338 e. The van der Waals surface area contributed by atoms with Crippen LogP contribution in [-0.2, 0) is 4.79 Å². The molecule has 0 spiro atoms. The summed E-state index contributed by atoms with van der Waals surface area (Å²) < 4.78 is 0. The first-order valence-electron chi connectivity index (χ1n) is 8.82. The number of carbonyl (C=O) groups excluding carboxylic acids is 1. The van der Waals surface area contributed by atoms with Gasteiger partial charge >= 0.3 is 0 Å². The van der Waals surface area contributed by atoms with Crippen LogP contribution >= 0.6 is 15.9 Å². The van der Waals surface area contributed by atoms with Gasteiger partial charge in [0.15, 0.2) is 0 Å². The van der Waals surface area contributed by atoms with Gasteiger partial charge in [0.1, 0.15) is 0 Å². The lowest BCUT2D eigenvalue weighted by molar-refractivity contribution is -0.166. The van der Waals surface area contributed by atoms with Gasteiger partial charge in [-0.05, 0) is 68.1 Å². The molecular formula is C18H28BrNO. The predicted molar refractivity (Wildman–Crippen MR) is 88.3 cm³/mol. The van der Waals surface area contributed by atoms with Crippen LogP contribution < -0.4 is 0 Å². The minimum absolute atomic E-state index is 0.0172. The molecule has 21 heavy (non-hydrogen) atoms. The van der Waals surface area contributed by atoms with E-state index < -0.39 is 0 Å². The van der Waals surface area contributed by atoms with Crippen molar-refractivity contribution in [2.75, 3.05) is 11.9 Å². The molecule has 0 radical (unpaired) electrons. The quantitative estimate of drug-likeness (QED) is 0.680. The van der Waals surface area contributed by atoms with E-state index in [2.05, 4.69) is 34.7 Å². The van der Waals surface area contributed by atoms with Gasteiger partial charge in [-0.15, -0.1) is 0 Å². The predicted octanol–water partition coefficient (Wildman–Crippen LogP) is 4.22. The van der Waals surface area contributed by atoms with Crippen LogP contribution in [-0.4, -0.2) is 28.7 Å². The molecule has 0 aromatic heterocycles. The van der Waals surface area contributed by atoms with E-state index in [1.165, 1.54) is 44.9 Å². The van der Waals surface area contributed by atoms with Crippen molar-refractivity contribution in [2.45, 2.75) is 64.8 Å². The lowest BCUT2D eigenvalue weighted by atomic mass is 9.44. The number of nitrogens with zero attached hydrogens (tertiary/aromatic N) is 1. The van der Waals surface area contributed by atoms with Crippen molar-refractivity contribution in [3.05, 3.63) is 0 Å². The van der Waals surface area contributed by atoms with Crippen molar-refractivity contribution < 1.29 is 4.79 Å². The molecule has 5 aliphatic rings. The number of carbonyl (C=O) groups is 1. The maximum Gasteiger partial charge on any atom is 0.229 e. The summed E-state index contributed by atoms with van der Waals surface area (Å²) in [6, 6.07) is 0.429. The second-order valence-corrected chi connectivity index (χ2v) is 9.69. The molecule has 1 heterocycles. The molecule has 5 fully saturated rings. The van der Waals surface area contributed by atoms with Gasteiger partial charge in [0.05, 0.1) is 5.41 Å². The van der Waals surface area contributed by atoms with Crippen molar-refractivity contribution in [1.29, 1.82) is 0 Å².